The van der Waals surface area contributed by atoms with E-state index >= 15 is 0 Å². The largest absolute Gasteiger partial charge is 0.394 e. The third-order valence-corrected chi connectivity index (χ3v) is 3.28. The van der Waals surface area contributed by atoms with Crippen LogP contribution >= 0.6 is 0 Å². The Balaban J connectivity index is 2.07. The van der Waals surface area contributed by atoms with Crippen LogP contribution in [-0.2, 0) is 4.74 Å². The molecule has 0 saturated carbocycles. The molecule has 0 bridgehead atoms. The lowest BCUT2D eigenvalue weighted by molar-refractivity contribution is -0.591. The Hall–Kier alpha value is -2.04. The molecule has 20 heavy (non-hydrogen) atoms. The molecule has 1 saturated heterocycles. The van der Waals surface area contributed by atoms with Crippen LogP contribution in [0.3, 0.4) is 0 Å². The number of alkyl halides is 1. The smallest absolute Gasteiger partial charge is 0.348 e. The molecule has 1 fully saturated rings. The number of aliphatic hydroxyl groups is 2. The number of aromatic amines is 1. The quantitative estimate of drug-likeness (QED) is 0.395. The molecule has 4 unspecified atom stereocenters. The third kappa shape index (κ3) is 1.77. The lowest BCUT2D eigenvalue weighted by Crippen LogP contribution is -2.35. The van der Waals surface area contributed by atoms with Gasteiger partial charge in [0.1, 0.15) is 18.4 Å². The van der Waals surface area contributed by atoms with Gasteiger partial charge in [0, 0.05) is 0 Å². The van der Waals surface area contributed by atoms with E-state index in [9.17, 15) is 9.50 Å². The van der Waals surface area contributed by atoms with Gasteiger partial charge in [0.25, 0.3) is 5.95 Å². The van der Waals surface area contributed by atoms with Crippen molar-refractivity contribution in [3.63, 3.8) is 0 Å². The number of rotatable bonds is 2. The zero-order valence-electron chi connectivity index (χ0n) is 10.3. The van der Waals surface area contributed by atoms with Gasteiger partial charge in [-0.1, -0.05) is 4.52 Å². The number of hydrogen-bond donors (Lipinski definition) is 5. The first-order valence-electron chi connectivity index (χ1n) is 5.93. The highest BCUT2D eigenvalue weighted by atomic mass is 19.1. The predicted molar refractivity (Wildman–Crippen MR) is 64.0 cm³/mol. The molecule has 0 spiro atoms. The van der Waals surface area contributed by atoms with Crippen molar-refractivity contribution in [2.24, 2.45) is 0 Å². The molecular weight excluding hydrogens is 271 g/mol. The van der Waals surface area contributed by atoms with Crippen molar-refractivity contribution < 1.29 is 23.9 Å². The highest BCUT2D eigenvalue weighted by Crippen LogP contribution is 2.34. The number of aliphatic hydroxyl groups excluding tert-OH is 2. The first-order chi connectivity index (χ1) is 9.52. The number of anilines is 2. The Morgan fingerprint density at radius 2 is 2.25 bits per heavy atom. The van der Waals surface area contributed by atoms with Crippen molar-refractivity contribution in [3.05, 3.63) is 11.9 Å². The summed E-state index contributed by atoms with van der Waals surface area (Å²) in [5.41, 5.74) is 11.8. The Bertz CT molecular complexity index is 649. The van der Waals surface area contributed by atoms with Crippen LogP contribution in [0.25, 0.3) is 5.65 Å². The number of aromatic nitrogens is 4. The van der Waals surface area contributed by atoms with Crippen LogP contribution in [0.15, 0.2) is 6.20 Å². The van der Waals surface area contributed by atoms with Crippen molar-refractivity contribution >= 4 is 17.4 Å². The Morgan fingerprint density at radius 1 is 1.50 bits per heavy atom. The maximum atomic E-state index is 14.1. The fourth-order valence-corrected chi connectivity index (χ4v) is 2.30. The molecule has 0 aromatic carbocycles. The fraction of sp³-hybridized carbons (Fsp3) is 0.500. The molecule has 7 N–H and O–H groups in total. The minimum Gasteiger partial charge on any atom is -0.394 e. The molecule has 0 aliphatic carbocycles. The first-order valence-corrected chi connectivity index (χ1v) is 5.93. The van der Waals surface area contributed by atoms with Gasteiger partial charge in [-0.3, -0.25) is 0 Å². The van der Waals surface area contributed by atoms with E-state index in [0.29, 0.717) is 11.3 Å². The molecule has 3 heterocycles. The second-order valence-electron chi connectivity index (χ2n) is 4.54. The van der Waals surface area contributed by atoms with Crippen LogP contribution in [0.5, 0.6) is 0 Å². The summed E-state index contributed by atoms with van der Waals surface area (Å²) in [7, 11) is 0. The van der Waals surface area contributed by atoms with Crippen LogP contribution in [-0.4, -0.2) is 50.3 Å². The number of halogens is 1. The van der Waals surface area contributed by atoms with Gasteiger partial charge in [-0.2, -0.15) is 4.98 Å². The molecule has 2 aromatic rings. The van der Waals surface area contributed by atoms with Crippen LogP contribution in [0.4, 0.5) is 16.2 Å². The number of ether oxygens (including phenoxy) is 1. The van der Waals surface area contributed by atoms with Gasteiger partial charge in [-0.15, -0.1) is 0 Å². The Labute approximate surface area is 112 Å². The minimum absolute atomic E-state index is 0.0755. The van der Waals surface area contributed by atoms with Crippen LogP contribution in [0, 0.1) is 0 Å². The minimum atomic E-state index is -1.70. The van der Waals surface area contributed by atoms with E-state index in [1.165, 1.54) is 10.7 Å². The van der Waals surface area contributed by atoms with Gasteiger partial charge >= 0.3 is 5.65 Å². The first kappa shape index (κ1) is 13.0. The molecule has 2 aromatic heterocycles. The summed E-state index contributed by atoms with van der Waals surface area (Å²) < 4.78 is 20.7. The van der Waals surface area contributed by atoms with E-state index < -0.39 is 31.1 Å². The number of nitrogen functional groups attached to an aromatic ring is 2. The number of nitrogens with one attached hydrogen (secondary N) is 1. The second kappa shape index (κ2) is 4.51. The number of imidazole rings is 1. The second-order valence-corrected chi connectivity index (χ2v) is 4.54. The topological polar surface area (TPSA) is 147 Å². The standard InChI is InChI=1S/C10H13FN6O3/c11-5-6(19)4(2-18)20-7(5)3-1-14-9-8(12)15-10(13)16-17(3)9/h1,4-7,18-19H,2H2,(H4,12,13,15,16)/p+1. The van der Waals surface area contributed by atoms with Gasteiger partial charge < -0.3 is 26.4 Å². The van der Waals surface area contributed by atoms with Crippen molar-refractivity contribution in [3.8, 4) is 0 Å². The molecule has 4 atom stereocenters. The summed E-state index contributed by atoms with van der Waals surface area (Å²) in [6.45, 7) is -0.482. The van der Waals surface area contributed by atoms with Crippen LogP contribution in [0.1, 0.15) is 11.8 Å². The van der Waals surface area contributed by atoms with Crippen molar-refractivity contribution in [2.45, 2.75) is 24.5 Å². The molecule has 9 nitrogen and oxygen atoms in total. The van der Waals surface area contributed by atoms with Gasteiger partial charge in [-0.05, 0) is 5.10 Å². The zero-order chi connectivity index (χ0) is 14.4. The zero-order valence-corrected chi connectivity index (χ0v) is 10.3. The molecule has 0 amide bonds. The summed E-state index contributed by atoms with van der Waals surface area (Å²) in [4.78, 5) is 6.57. The monoisotopic (exact) mass is 285 g/mol. The maximum absolute atomic E-state index is 14.1. The lowest BCUT2D eigenvalue weighted by Gasteiger charge is -2.08. The average molecular weight is 285 g/mol. The number of nitrogens with zero attached hydrogens (tertiary/aromatic N) is 3. The van der Waals surface area contributed by atoms with Crippen molar-refractivity contribution in [2.75, 3.05) is 18.1 Å². The van der Waals surface area contributed by atoms with Gasteiger partial charge in [0.05, 0.1) is 6.61 Å². The summed E-state index contributed by atoms with van der Waals surface area (Å²) >= 11 is 0. The summed E-state index contributed by atoms with van der Waals surface area (Å²) in [5, 5.41) is 22.6. The van der Waals surface area contributed by atoms with E-state index in [4.69, 9.17) is 21.3 Å². The molecule has 1 aliphatic heterocycles. The highest BCUT2D eigenvalue weighted by molar-refractivity contribution is 5.54. The molecule has 3 rings (SSSR count). The fourth-order valence-electron chi connectivity index (χ4n) is 2.30. The molecule has 10 heteroatoms. The van der Waals surface area contributed by atoms with Crippen LogP contribution < -0.4 is 16.0 Å². The van der Waals surface area contributed by atoms with E-state index in [1.807, 2.05) is 0 Å². The summed E-state index contributed by atoms with van der Waals surface area (Å²) in [6, 6.07) is 0. The molecule has 108 valence electrons. The number of hydrogen-bond acceptors (Lipinski definition) is 7. The van der Waals surface area contributed by atoms with Gasteiger partial charge in [0.15, 0.2) is 12.3 Å². The predicted octanol–water partition coefficient (Wildman–Crippen LogP) is -2.16. The van der Waals surface area contributed by atoms with Gasteiger partial charge in [-0.25, -0.2) is 9.37 Å². The highest BCUT2D eigenvalue weighted by Gasteiger charge is 2.48. The van der Waals surface area contributed by atoms with E-state index in [1.54, 1.807) is 0 Å². The Kier molecular flexibility index (Phi) is 2.92. The molecular formula is C10H14FN6O3+. The normalized spacial score (nSPS) is 30.1. The van der Waals surface area contributed by atoms with Crippen LogP contribution in [0.2, 0.25) is 0 Å². The average Bonchev–Trinajstić information content (AvgIpc) is 2.93. The van der Waals surface area contributed by atoms with Gasteiger partial charge in [0.2, 0.25) is 11.5 Å². The Morgan fingerprint density at radius 3 is 2.90 bits per heavy atom. The van der Waals surface area contributed by atoms with E-state index in [0.717, 1.165) is 0 Å². The lowest BCUT2D eigenvalue weighted by atomic mass is 10.1. The summed E-state index contributed by atoms with van der Waals surface area (Å²) in [6.07, 6.45) is -3.74. The SMILES string of the molecule is Nc1nc(N)c2[nH]cc(C3OC(CO)C(O)C3F)[n+]2n1. The van der Waals surface area contributed by atoms with E-state index in [-0.39, 0.29) is 11.8 Å². The van der Waals surface area contributed by atoms with Crippen molar-refractivity contribution in [1.82, 2.24) is 15.1 Å². The number of nitrogens with two attached hydrogens (primary N) is 2. The van der Waals surface area contributed by atoms with Crippen molar-refractivity contribution in [1.29, 1.82) is 0 Å². The molecule has 0 radical (unpaired) electrons. The third-order valence-electron chi connectivity index (χ3n) is 3.28. The van der Waals surface area contributed by atoms with E-state index in [2.05, 4.69) is 15.1 Å². The summed E-state index contributed by atoms with van der Waals surface area (Å²) in [5.74, 6) is 0.0323. The molecule has 1 aliphatic rings. The maximum Gasteiger partial charge on any atom is 0.348 e. The number of H-pyrrole nitrogens is 1. The number of fused-ring (bicyclic) bond motifs is 1.